The van der Waals surface area contributed by atoms with Gasteiger partial charge in [0.05, 0.1) is 29.1 Å². The summed E-state index contributed by atoms with van der Waals surface area (Å²) in [5, 5.41) is 12.9. The average Bonchev–Trinajstić information content (AvgIpc) is 3.05. The lowest BCUT2D eigenvalue weighted by atomic mass is 9.94. The monoisotopic (exact) mass is 544 g/mol. The van der Waals surface area contributed by atoms with Crippen LogP contribution in [0.4, 0.5) is 15.9 Å². The number of halogens is 2. The van der Waals surface area contributed by atoms with Crippen LogP contribution in [0.5, 0.6) is 5.75 Å². The van der Waals surface area contributed by atoms with Gasteiger partial charge in [-0.05, 0) is 68.7 Å². The molecule has 198 valence electrons. The van der Waals surface area contributed by atoms with Crippen molar-refractivity contribution in [3.05, 3.63) is 106 Å². The zero-order valence-corrected chi connectivity index (χ0v) is 22.2. The van der Waals surface area contributed by atoms with Crippen LogP contribution in [0.3, 0.4) is 0 Å². The summed E-state index contributed by atoms with van der Waals surface area (Å²) in [4.78, 5) is 22.9. The number of aromatic nitrogens is 1. The van der Waals surface area contributed by atoms with Crippen LogP contribution in [0, 0.1) is 5.82 Å². The summed E-state index contributed by atoms with van der Waals surface area (Å²) < 4.78 is 21.4. The molecule has 0 spiro atoms. The minimum absolute atomic E-state index is 0.198. The summed E-state index contributed by atoms with van der Waals surface area (Å²) in [7, 11) is 3.89. The molecule has 39 heavy (non-hydrogen) atoms. The number of rotatable bonds is 8. The standard InChI is InChI=1S/C30H26ClFN4O3/c1-36(2)14-15-39-25-5-3-4-24(32)27(25)29-23-16-20(31)9-12-22(23)28-19(17-33-29)8-13-26(35-28)34-21-10-6-18(7-11-21)30(37)38/h3-13,16H,14-15,17H2,1-2H3,(H,34,35)(H,37,38). The number of aliphatic imine (C=N–C) groups is 1. The van der Waals surface area contributed by atoms with Gasteiger partial charge < -0.3 is 20.1 Å². The summed E-state index contributed by atoms with van der Waals surface area (Å²) in [5.41, 5.74) is 4.60. The van der Waals surface area contributed by atoms with Crippen LogP contribution in [0.15, 0.2) is 77.8 Å². The molecule has 1 aromatic heterocycles. The number of carboxylic acids is 1. The second-order valence-corrected chi connectivity index (χ2v) is 9.77. The minimum Gasteiger partial charge on any atom is -0.491 e. The number of nitrogens with one attached hydrogen (secondary N) is 1. The van der Waals surface area contributed by atoms with Crippen molar-refractivity contribution in [1.29, 1.82) is 0 Å². The van der Waals surface area contributed by atoms with E-state index in [1.807, 2.05) is 37.2 Å². The molecular weight excluding hydrogens is 519 g/mol. The Kier molecular flexibility index (Phi) is 7.58. The van der Waals surface area contributed by atoms with Gasteiger partial charge in [0.25, 0.3) is 0 Å². The SMILES string of the molecule is CN(C)CCOc1cccc(F)c1C1=NCc2ccc(Nc3ccc(C(=O)O)cc3)nc2-c2ccc(Cl)cc21. The van der Waals surface area contributed by atoms with Crippen LogP contribution < -0.4 is 10.1 Å². The first-order valence-electron chi connectivity index (χ1n) is 12.3. The lowest BCUT2D eigenvalue weighted by Crippen LogP contribution is -2.20. The predicted molar refractivity (Wildman–Crippen MR) is 151 cm³/mol. The molecule has 0 radical (unpaired) electrons. The van der Waals surface area contributed by atoms with E-state index in [9.17, 15) is 4.79 Å². The van der Waals surface area contributed by atoms with Gasteiger partial charge in [0.2, 0.25) is 0 Å². The number of likely N-dealkylation sites (N-methyl/N-ethyl adjacent to an activating group) is 1. The van der Waals surface area contributed by atoms with Crippen LogP contribution in [-0.2, 0) is 6.54 Å². The third-order valence-corrected chi connectivity index (χ3v) is 6.53. The molecule has 1 aliphatic rings. The molecule has 5 rings (SSSR count). The molecule has 3 aromatic carbocycles. The van der Waals surface area contributed by atoms with E-state index < -0.39 is 11.8 Å². The summed E-state index contributed by atoms with van der Waals surface area (Å²) in [6.45, 7) is 1.35. The Bertz CT molecular complexity index is 1570. The van der Waals surface area contributed by atoms with Crippen molar-refractivity contribution >= 4 is 34.8 Å². The van der Waals surface area contributed by atoms with Crippen molar-refractivity contribution in [2.24, 2.45) is 4.99 Å². The molecule has 4 aromatic rings. The van der Waals surface area contributed by atoms with Crippen LogP contribution in [-0.4, -0.2) is 53.9 Å². The number of carbonyl (C=O) groups is 1. The highest BCUT2D eigenvalue weighted by Crippen LogP contribution is 2.36. The van der Waals surface area contributed by atoms with Gasteiger partial charge in [0.1, 0.15) is 24.0 Å². The van der Waals surface area contributed by atoms with Gasteiger partial charge in [-0.25, -0.2) is 14.2 Å². The molecule has 0 saturated carbocycles. The first-order chi connectivity index (χ1) is 18.8. The number of benzene rings is 3. The van der Waals surface area contributed by atoms with Crippen molar-refractivity contribution in [3.8, 4) is 17.0 Å². The fourth-order valence-corrected chi connectivity index (χ4v) is 4.51. The summed E-state index contributed by atoms with van der Waals surface area (Å²) >= 11 is 6.42. The number of pyridine rings is 1. The highest BCUT2D eigenvalue weighted by atomic mass is 35.5. The van der Waals surface area contributed by atoms with Gasteiger partial charge in [-0.2, -0.15) is 0 Å². The van der Waals surface area contributed by atoms with Crippen molar-refractivity contribution in [3.63, 3.8) is 0 Å². The molecule has 2 N–H and O–H groups in total. The van der Waals surface area contributed by atoms with E-state index in [2.05, 4.69) is 5.32 Å². The number of ether oxygens (including phenoxy) is 1. The molecule has 0 saturated heterocycles. The average molecular weight is 545 g/mol. The first-order valence-corrected chi connectivity index (χ1v) is 12.7. The first kappa shape index (κ1) is 26.3. The summed E-state index contributed by atoms with van der Waals surface area (Å²) in [5.74, 6) is -0.447. The van der Waals surface area contributed by atoms with Crippen molar-refractivity contribution in [1.82, 2.24) is 9.88 Å². The molecule has 0 atom stereocenters. The lowest BCUT2D eigenvalue weighted by Gasteiger charge is -2.17. The van der Waals surface area contributed by atoms with E-state index in [-0.39, 0.29) is 17.7 Å². The Balaban J connectivity index is 1.55. The number of nitrogens with zero attached hydrogens (tertiary/aromatic N) is 3. The quantitative estimate of drug-likeness (QED) is 0.272. The van der Waals surface area contributed by atoms with Crippen molar-refractivity contribution < 1.29 is 19.0 Å². The maximum atomic E-state index is 15.4. The number of aromatic carboxylic acids is 1. The van der Waals surface area contributed by atoms with E-state index >= 15 is 4.39 Å². The summed E-state index contributed by atoms with van der Waals surface area (Å²) in [6.07, 6.45) is 0. The lowest BCUT2D eigenvalue weighted by molar-refractivity contribution is 0.0697. The van der Waals surface area contributed by atoms with E-state index in [1.54, 1.807) is 36.4 Å². The van der Waals surface area contributed by atoms with E-state index in [1.165, 1.54) is 18.2 Å². The minimum atomic E-state index is -0.989. The number of carboxylic acid groups (broad SMARTS) is 1. The van der Waals surface area contributed by atoms with Gasteiger partial charge >= 0.3 is 5.97 Å². The Morgan fingerprint density at radius 2 is 1.87 bits per heavy atom. The molecule has 0 fully saturated rings. The Morgan fingerprint density at radius 1 is 1.08 bits per heavy atom. The molecule has 0 amide bonds. The number of anilines is 2. The number of hydrogen-bond donors (Lipinski definition) is 2. The Labute approximate surface area is 230 Å². The third kappa shape index (κ3) is 5.77. The van der Waals surface area contributed by atoms with Crippen LogP contribution in [0.1, 0.15) is 27.0 Å². The van der Waals surface area contributed by atoms with E-state index in [0.717, 1.165) is 11.1 Å². The smallest absolute Gasteiger partial charge is 0.335 e. The third-order valence-electron chi connectivity index (χ3n) is 6.29. The maximum absolute atomic E-state index is 15.4. The second kappa shape index (κ2) is 11.2. The van der Waals surface area contributed by atoms with Gasteiger partial charge in [-0.15, -0.1) is 0 Å². The molecule has 0 unspecified atom stereocenters. The zero-order valence-electron chi connectivity index (χ0n) is 21.4. The summed E-state index contributed by atoms with van der Waals surface area (Å²) in [6, 6.07) is 20.3. The largest absolute Gasteiger partial charge is 0.491 e. The highest BCUT2D eigenvalue weighted by molar-refractivity contribution is 6.31. The van der Waals surface area contributed by atoms with Gasteiger partial charge in [-0.3, -0.25) is 4.99 Å². The van der Waals surface area contributed by atoms with Crippen LogP contribution >= 0.6 is 11.6 Å². The van der Waals surface area contributed by atoms with E-state index in [0.29, 0.717) is 52.4 Å². The topological polar surface area (TPSA) is 87.0 Å². The Morgan fingerprint density at radius 3 is 2.62 bits per heavy atom. The van der Waals surface area contributed by atoms with Crippen LogP contribution in [0.2, 0.25) is 5.02 Å². The molecule has 2 heterocycles. The normalized spacial score (nSPS) is 12.3. The molecule has 9 heteroatoms. The fraction of sp³-hybridized carbons (Fsp3) is 0.167. The molecule has 0 aliphatic carbocycles. The second-order valence-electron chi connectivity index (χ2n) is 9.33. The van der Waals surface area contributed by atoms with Gasteiger partial charge in [-0.1, -0.05) is 29.8 Å². The highest BCUT2D eigenvalue weighted by Gasteiger charge is 2.25. The van der Waals surface area contributed by atoms with Crippen molar-refractivity contribution in [2.45, 2.75) is 6.54 Å². The fourth-order valence-electron chi connectivity index (χ4n) is 4.34. The number of hydrogen-bond acceptors (Lipinski definition) is 6. The van der Waals surface area contributed by atoms with Crippen LogP contribution in [0.25, 0.3) is 11.3 Å². The van der Waals surface area contributed by atoms with Gasteiger partial charge in [0, 0.05) is 33.9 Å². The predicted octanol–water partition coefficient (Wildman–Crippen LogP) is 6.27. The Hall–Kier alpha value is -4.27. The maximum Gasteiger partial charge on any atom is 0.335 e. The zero-order chi connectivity index (χ0) is 27.5. The molecular formula is C30H26ClFN4O3. The molecule has 0 bridgehead atoms. The molecule has 7 nitrogen and oxygen atoms in total. The molecule has 1 aliphatic heterocycles. The van der Waals surface area contributed by atoms with Crippen molar-refractivity contribution in [2.75, 3.05) is 32.6 Å². The van der Waals surface area contributed by atoms with Gasteiger partial charge in [0.15, 0.2) is 0 Å². The number of fused-ring (bicyclic) bond motifs is 3. The van der Waals surface area contributed by atoms with E-state index in [4.69, 9.17) is 31.4 Å².